The van der Waals surface area contributed by atoms with Gasteiger partial charge in [0.1, 0.15) is 0 Å². The molecule has 0 spiro atoms. The lowest BCUT2D eigenvalue weighted by molar-refractivity contribution is -0.143. The van der Waals surface area contributed by atoms with Gasteiger partial charge in [0.05, 0.1) is 0 Å². The normalized spacial score (nSPS) is 25.8. The number of hydrogen-bond acceptors (Lipinski definition) is 4. The lowest BCUT2D eigenvalue weighted by Crippen LogP contribution is -2.54. The first-order valence-electron chi connectivity index (χ1n) is 3.13. The number of allylic oxidation sites excluding steroid dienone is 1. The second kappa shape index (κ2) is 4.08. The molecule has 0 aromatic heterocycles. The van der Waals surface area contributed by atoms with E-state index in [2.05, 4.69) is 10.3 Å². The van der Waals surface area contributed by atoms with Crippen molar-refractivity contribution in [3.8, 4) is 0 Å². The van der Waals surface area contributed by atoms with Crippen LogP contribution in [0.25, 0.3) is 0 Å². The zero-order valence-corrected chi connectivity index (χ0v) is 7.04. The molecular weight excluding hydrogens is 182 g/mol. The highest BCUT2D eigenvalue weighted by Gasteiger charge is 2.35. The van der Waals surface area contributed by atoms with Crippen molar-refractivity contribution in [3.63, 3.8) is 0 Å². The van der Waals surface area contributed by atoms with E-state index in [-0.39, 0.29) is 19.0 Å². The SMILES string of the molecule is Cl.NCC1(C(=O)O)N=CC=CN1. The van der Waals surface area contributed by atoms with E-state index in [1.54, 1.807) is 6.08 Å². The number of carboxylic acids is 1. The van der Waals surface area contributed by atoms with Crippen LogP contribution < -0.4 is 11.1 Å². The molecule has 5 nitrogen and oxygen atoms in total. The molecule has 1 rings (SSSR count). The Morgan fingerprint density at radius 2 is 2.42 bits per heavy atom. The molecule has 12 heavy (non-hydrogen) atoms. The van der Waals surface area contributed by atoms with Crippen molar-refractivity contribution in [1.82, 2.24) is 5.32 Å². The fraction of sp³-hybridized carbons (Fsp3) is 0.333. The Morgan fingerprint density at radius 3 is 2.67 bits per heavy atom. The number of nitrogens with two attached hydrogens (primary N) is 1. The quantitative estimate of drug-likeness (QED) is 0.541. The van der Waals surface area contributed by atoms with Crippen LogP contribution in [-0.2, 0) is 4.79 Å². The molecular formula is C6H10ClN3O2. The maximum Gasteiger partial charge on any atom is 0.353 e. The van der Waals surface area contributed by atoms with E-state index in [9.17, 15) is 4.79 Å². The fourth-order valence-electron chi connectivity index (χ4n) is 0.752. The third-order valence-corrected chi connectivity index (χ3v) is 1.45. The zero-order chi connectivity index (χ0) is 8.32. The summed E-state index contributed by atoms with van der Waals surface area (Å²) in [6.45, 7) is -0.0663. The number of aliphatic imine (C=N–C) groups is 1. The van der Waals surface area contributed by atoms with E-state index in [1.807, 2.05) is 0 Å². The minimum Gasteiger partial charge on any atom is -0.478 e. The van der Waals surface area contributed by atoms with Crippen molar-refractivity contribution in [2.75, 3.05) is 6.54 Å². The minimum absolute atomic E-state index is 0. The number of carboxylic acid groups (broad SMARTS) is 1. The van der Waals surface area contributed by atoms with Gasteiger partial charge in [0, 0.05) is 19.0 Å². The Balaban J connectivity index is 0.00000121. The lowest BCUT2D eigenvalue weighted by Gasteiger charge is -2.25. The second-order valence-electron chi connectivity index (χ2n) is 2.15. The van der Waals surface area contributed by atoms with E-state index in [0.29, 0.717) is 0 Å². The summed E-state index contributed by atoms with van der Waals surface area (Å²) in [5.41, 5.74) is 3.90. The lowest BCUT2D eigenvalue weighted by atomic mass is 10.1. The standard InChI is InChI=1S/C6H9N3O2.ClH/c7-4-6(5(10)11)8-2-1-3-9-6;/h1-3,8H,4,7H2,(H,10,11);1H. The minimum atomic E-state index is -1.35. The largest absolute Gasteiger partial charge is 0.478 e. The van der Waals surface area contributed by atoms with Gasteiger partial charge >= 0.3 is 5.97 Å². The molecule has 0 fully saturated rings. The number of nitrogens with one attached hydrogen (secondary N) is 1. The summed E-state index contributed by atoms with van der Waals surface area (Å²) in [5.74, 6) is -1.07. The summed E-state index contributed by atoms with van der Waals surface area (Å²) in [6, 6.07) is 0. The Kier molecular flexibility index (Phi) is 3.72. The van der Waals surface area contributed by atoms with Crippen LogP contribution in [0.4, 0.5) is 0 Å². The summed E-state index contributed by atoms with van der Waals surface area (Å²) in [4.78, 5) is 14.3. The summed E-state index contributed by atoms with van der Waals surface area (Å²) in [7, 11) is 0. The molecule has 0 radical (unpaired) electrons. The molecule has 0 aromatic carbocycles. The molecule has 0 amide bonds. The molecule has 0 saturated heterocycles. The van der Waals surface area contributed by atoms with E-state index in [0.717, 1.165) is 0 Å². The number of rotatable bonds is 2. The van der Waals surface area contributed by atoms with Crippen LogP contribution in [0, 0.1) is 0 Å². The van der Waals surface area contributed by atoms with Crippen LogP contribution in [0.15, 0.2) is 17.3 Å². The number of aliphatic carboxylic acids is 1. The number of hydrogen-bond donors (Lipinski definition) is 3. The summed E-state index contributed by atoms with van der Waals surface area (Å²) < 4.78 is 0. The van der Waals surface area contributed by atoms with Crippen LogP contribution in [0.5, 0.6) is 0 Å². The molecule has 68 valence electrons. The predicted octanol–water partition coefficient (Wildman–Crippen LogP) is -0.665. The van der Waals surface area contributed by atoms with Crippen molar-refractivity contribution in [2.24, 2.45) is 10.7 Å². The molecule has 1 heterocycles. The van der Waals surface area contributed by atoms with E-state index in [1.165, 1.54) is 12.4 Å². The zero-order valence-electron chi connectivity index (χ0n) is 6.23. The second-order valence-corrected chi connectivity index (χ2v) is 2.15. The van der Waals surface area contributed by atoms with Gasteiger partial charge in [0.2, 0.25) is 5.66 Å². The third kappa shape index (κ3) is 1.75. The molecule has 4 N–H and O–H groups in total. The summed E-state index contributed by atoms with van der Waals surface area (Å²) >= 11 is 0. The first-order chi connectivity index (χ1) is 5.21. The van der Waals surface area contributed by atoms with Gasteiger partial charge in [-0.15, -0.1) is 12.4 Å². The molecule has 6 heteroatoms. The molecule has 1 unspecified atom stereocenters. The first-order valence-corrected chi connectivity index (χ1v) is 3.13. The number of halogens is 1. The maximum atomic E-state index is 10.6. The maximum absolute atomic E-state index is 10.6. The predicted molar refractivity (Wildman–Crippen MR) is 47.4 cm³/mol. The average Bonchev–Trinajstić information content (AvgIpc) is 2.05. The number of carbonyl (C=O) groups is 1. The third-order valence-electron chi connectivity index (χ3n) is 1.45. The highest BCUT2D eigenvalue weighted by Crippen LogP contribution is 2.07. The van der Waals surface area contributed by atoms with Gasteiger partial charge in [0.15, 0.2) is 0 Å². The van der Waals surface area contributed by atoms with Crippen LogP contribution in [0.3, 0.4) is 0 Å². The van der Waals surface area contributed by atoms with Crippen LogP contribution in [-0.4, -0.2) is 29.5 Å². The van der Waals surface area contributed by atoms with Crippen molar-refractivity contribution < 1.29 is 9.90 Å². The van der Waals surface area contributed by atoms with Crippen LogP contribution in [0.1, 0.15) is 0 Å². The van der Waals surface area contributed by atoms with Crippen molar-refractivity contribution in [1.29, 1.82) is 0 Å². The summed E-state index contributed by atoms with van der Waals surface area (Å²) in [6.07, 6.45) is 4.53. The van der Waals surface area contributed by atoms with E-state index >= 15 is 0 Å². The van der Waals surface area contributed by atoms with Gasteiger partial charge < -0.3 is 16.2 Å². The van der Waals surface area contributed by atoms with Crippen molar-refractivity contribution in [3.05, 3.63) is 12.3 Å². The molecule has 0 saturated carbocycles. The van der Waals surface area contributed by atoms with Gasteiger partial charge in [-0.2, -0.15) is 0 Å². The molecule has 1 aliphatic heterocycles. The van der Waals surface area contributed by atoms with Gasteiger partial charge in [-0.05, 0) is 6.08 Å². The van der Waals surface area contributed by atoms with Gasteiger partial charge in [-0.1, -0.05) is 0 Å². The van der Waals surface area contributed by atoms with Gasteiger partial charge in [-0.3, -0.25) is 4.99 Å². The molecule has 0 aromatic rings. The Bertz CT molecular complexity index is 229. The van der Waals surface area contributed by atoms with Gasteiger partial charge in [-0.25, -0.2) is 4.79 Å². The topological polar surface area (TPSA) is 87.7 Å². The summed E-state index contributed by atoms with van der Waals surface area (Å²) in [5, 5.41) is 11.3. The molecule has 0 aliphatic carbocycles. The van der Waals surface area contributed by atoms with Crippen LogP contribution >= 0.6 is 12.4 Å². The van der Waals surface area contributed by atoms with Gasteiger partial charge in [0.25, 0.3) is 0 Å². The average molecular weight is 192 g/mol. The number of nitrogens with zero attached hydrogens (tertiary/aromatic N) is 1. The smallest absolute Gasteiger partial charge is 0.353 e. The Hall–Kier alpha value is -1.07. The molecule has 1 atom stereocenters. The molecule has 1 aliphatic rings. The van der Waals surface area contributed by atoms with Crippen molar-refractivity contribution in [2.45, 2.75) is 5.66 Å². The fourth-order valence-corrected chi connectivity index (χ4v) is 0.752. The highest BCUT2D eigenvalue weighted by molar-refractivity contribution is 5.85. The Morgan fingerprint density at radius 1 is 1.75 bits per heavy atom. The first kappa shape index (κ1) is 10.9. The highest BCUT2D eigenvalue weighted by atomic mass is 35.5. The monoisotopic (exact) mass is 191 g/mol. The van der Waals surface area contributed by atoms with Crippen molar-refractivity contribution >= 4 is 24.6 Å². The van der Waals surface area contributed by atoms with E-state index < -0.39 is 11.6 Å². The van der Waals surface area contributed by atoms with E-state index in [4.69, 9.17) is 10.8 Å². The Labute approximate surface area is 75.8 Å². The molecule has 0 bridgehead atoms. The van der Waals surface area contributed by atoms with Crippen LogP contribution in [0.2, 0.25) is 0 Å².